The molecule has 0 atom stereocenters. The summed E-state index contributed by atoms with van der Waals surface area (Å²) in [5.41, 5.74) is 2.58. The van der Waals surface area contributed by atoms with E-state index in [1.807, 2.05) is 0 Å². The fraction of sp³-hybridized carbons (Fsp3) is 0.148. The van der Waals surface area contributed by atoms with Crippen LogP contribution in [0.3, 0.4) is 0 Å². The second-order valence-electron chi connectivity index (χ2n) is 8.98. The number of nitrogens with zero attached hydrogens (tertiary/aromatic N) is 3. The Hall–Kier alpha value is -4.45. The fourth-order valence-electron chi connectivity index (χ4n) is 4.42. The third-order valence-electron chi connectivity index (χ3n) is 6.21. The molecule has 0 saturated carbocycles. The van der Waals surface area contributed by atoms with Crippen molar-refractivity contribution >= 4 is 27.7 Å². The highest BCUT2D eigenvalue weighted by molar-refractivity contribution is 7.92. The molecule has 2 N–H and O–H groups in total. The number of alkyl halides is 3. The van der Waals surface area contributed by atoms with E-state index >= 15 is 0 Å². The molecule has 1 aliphatic heterocycles. The van der Waals surface area contributed by atoms with Crippen LogP contribution in [0.1, 0.15) is 21.5 Å². The molecule has 200 valence electrons. The lowest BCUT2D eigenvalue weighted by Crippen LogP contribution is -2.38. The van der Waals surface area contributed by atoms with Crippen LogP contribution in [0.5, 0.6) is 5.75 Å². The van der Waals surface area contributed by atoms with Crippen molar-refractivity contribution in [2.45, 2.75) is 12.6 Å². The van der Waals surface area contributed by atoms with E-state index in [9.17, 15) is 31.5 Å². The smallest absolute Gasteiger partial charge is 0.416 e. The molecule has 1 aromatic heterocycles. The number of carbonyl (C=O) groups is 1. The van der Waals surface area contributed by atoms with Gasteiger partial charge >= 0.3 is 6.18 Å². The van der Waals surface area contributed by atoms with Crippen LogP contribution in [-0.2, 0) is 22.6 Å². The summed E-state index contributed by atoms with van der Waals surface area (Å²) in [5.74, 6) is -1.38. The molecule has 1 amide bonds. The fourth-order valence-corrected chi connectivity index (χ4v) is 4.92. The van der Waals surface area contributed by atoms with Crippen molar-refractivity contribution in [3.8, 4) is 28.0 Å². The van der Waals surface area contributed by atoms with E-state index in [0.717, 1.165) is 24.6 Å². The molecule has 0 spiro atoms. The van der Waals surface area contributed by atoms with Gasteiger partial charge in [0.1, 0.15) is 0 Å². The van der Waals surface area contributed by atoms with Crippen LogP contribution in [0.4, 0.5) is 24.9 Å². The molecule has 12 heteroatoms. The van der Waals surface area contributed by atoms with Crippen molar-refractivity contribution < 1.29 is 31.5 Å². The number of anilines is 2. The van der Waals surface area contributed by atoms with Gasteiger partial charge in [0, 0.05) is 12.1 Å². The number of carbonyl (C=O) groups excluding carboxylic acids is 1. The van der Waals surface area contributed by atoms with Crippen molar-refractivity contribution in [1.82, 2.24) is 9.97 Å². The molecule has 0 fully saturated rings. The number of aromatic hydroxyl groups is 1. The molecule has 39 heavy (non-hydrogen) atoms. The summed E-state index contributed by atoms with van der Waals surface area (Å²) in [6.07, 6.45) is -2.22. The average Bonchev–Trinajstić information content (AvgIpc) is 2.89. The van der Waals surface area contributed by atoms with Crippen LogP contribution in [-0.4, -0.2) is 42.2 Å². The lowest BCUT2D eigenvalue weighted by Gasteiger charge is -2.27. The predicted octanol–water partition coefficient (Wildman–Crippen LogP) is 5.11. The lowest BCUT2D eigenvalue weighted by atomic mass is 9.89. The zero-order valence-electron chi connectivity index (χ0n) is 20.4. The van der Waals surface area contributed by atoms with Crippen LogP contribution in [0.25, 0.3) is 22.3 Å². The lowest BCUT2D eigenvalue weighted by molar-refractivity contribution is -0.137. The van der Waals surface area contributed by atoms with Gasteiger partial charge in [0.15, 0.2) is 11.6 Å². The Morgan fingerprint density at radius 3 is 2.36 bits per heavy atom. The van der Waals surface area contributed by atoms with Gasteiger partial charge in [-0.3, -0.25) is 14.4 Å². The quantitative estimate of drug-likeness (QED) is 0.355. The van der Waals surface area contributed by atoms with Crippen LogP contribution < -0.4 is 9.62 Å². The Kier molecular flexibility index (Phi) is 6.51. The molecule has 8 nitrogen and oxygen atoms in total. The van der Waals surface area contributed by atoms with Crippen molar-refractivity contribution in [2.24, 2.45) is 0 Å². The Balaban J connectivity index is 1.51. The highest BCUT2D eigenvalue weighted by atomic mass is 32.2. The van der Waals surface area contributed by atoms with E-state index in [0.29, 0.717) is 39.8 Å². The first-order valence-electron chi connectivity index (χ1n) is 11.7. The third-order valence-corrected chi connectivity index (χ3v) is 6.77. The van der Waals surface area contributed by atoms with Crippen molar-refractivity contribution in [3.63, 3.8) is 0 Å². The number of aromatic nitrogens is 2. The molecule has 4 aromatic rings. The number of halogens is 3. The minimum absolute atomic E-state index is 0.0900. The third kappa shape index (κ3) is 5.41. The van der Waals surface area contributed by atoms with E-state index < -0.39 is 33.4 Å². The number of hydrogen-bond donors (Lipinski definition) is 2. The Bertz CT molecular complexity index is 1690. The number of sulfonamides is 1. The molecule has 2 heterocycles. The summed E-state index contributed by atoms with van der Waals surface area (Å²) >= 11 is 0. The highest BCUT2D eigenvalue weighted by Crippen LogP contribution is 2.39. The predicted molar refractivity (Wildman–Crippen MR) is 140 cm³/mol. The molecule has 0 unspecified atom stereocenters. The second kappa shape index (κ2) is 9.70. The van der Waals surface area contributed by atoms with Gasteiger partial charge in [0.25, 0.3) is 5.91 Å². The van der Waals surface area contributed by atoms with Gasteiger partial charge in [0.05, 0.1) is 18.0 Å². The summed E-state index contributed by atoms with van der Waals surface area (Å²) in [6, 6.07) is 17.4. The molecular weight excluding hydrogens is 533 g/mol. The maximum absolute atomic E-state index is 13.5. The largest absolute Gasteiger partial charge is 0.503 e. The van der Waals surface area contributed by atoms with E-state index in [1.165, 1.54) is 11.0 Å². The Morgan fingerprint density at radius 2 is 1.67 bits per heavy atom. The average molecular weight is 555 g/mol. The van der Waals surface area contributed by atoms with Gasteiger partial charge < -0.3 is 5.11 Å². The molecule has 0 bridgehead atoms. The zero-order chi connectivity index (χ0) is 27.9. The Labute approximate surface area is 221 Å². The zero-order valence-corrected chi connectivity index (χ0v) is 21.2. The highest BCUT2D eigenvalue weighted by Gasteiger charge is 2.32. The van der Waals surface area contributed by atoms with Crippen molar-refractivity contribution in [2.75, 3.05) is 22.4 Å². The summed E-state index contributed by atoms with van der Waals surface area (Å²) in [5, 5.41) is 9.91. The summed E-state index contributed by atoms with van der Waals surface area (Å²) in [6.45, 7) is 0.164. The SMILES string of the molecule is CS(=O)(=O)Nc1nc(N2CCc3cc(-c4ccc(C(F)(F)F)cc4-c4ccccc4)ccc3C2=O)ncc1O. The van der Waals surface area contributed by atoms with Gasteiger partial charge in [-0.2, -0.15) is 18.2 Å². The number of rotatable bonds is 5. The van der Waals surface area contributed by atoms with Gasteiger partial charge in [0.2, 0.25) is 16.0 Å². The minimum Gasteiger partial charge on any atom is -0.503 e. The first kappa shape index (κ1) is 26.2. The Morgan fingerprint density at radius 1 is 0.949 bits per heavy atom. The number of benzene rings is 3. The van der Waals surface area contributed by atoms with E-state index in [2.05, 4.69) is 14.7 Å². The molecule has 3 aromatic carbocycles. The molecule has 5 rings (SSSR count). The second-order valence-corrected chi connectivity index (χ2v) is 10.7. The maximum Gasteiger partial charge on any atom is 0.416 e. The van der Waals surface area contributed by atoms with E-state index in [4.69, 9.17) is 0 Å². The van der Waals surface area contributed by atoms with Crippen molar-refractivity contribution in [1.29, 1.82) is 0 Å². The van der Waals surface area contributed by atoms with Gasteiger partial charge in [-0.05, 0) is 52.4 Å². The minimum atomic E-state index is -4.50. The number of nitrogens with one attached hydrogen (secondary N) is 1. The van der Waals surface area contributed by atoms with E-state index in [1.54, 1.807) is 48.5 Å². The summed E-state index contributed by atoms with van der Waals surface area (Å²) in [7, 11) is -3.74. The first-order valence-corrected chi connectivity index (χ1v) is 13.6. The van der Waals surface area contributed by atoms with Gasteiger partial charge in [-0.15, -0.1) is 0 Å². The number of fused-ring (bicyclic) bond motifs is 1. The maximum atomic E-state index is 13.5. The van der Waals surface area contributed by atoms with Gasteiger partial charge in [-0.25, -0.2) is 13.4 Å². The summed E-state index contributed by atoms with van der Waals surface area (Å²) in [4.78, 5) is 22.6. The molecule has 0 saturated heterocycles. The first-order chi connectivity index (χ1) is 18.4. The number of amides is 1. The van der Waals surface area contributed by atoms with Crippen LogP contribution >= 0.6 is 0 Å². The normalized spacial score (nSPS) is 13.7. The topological polar surface area (TPSA) is 112 Å². The van der Waals surface area contributed by atoms with Gasteiger partial charge in [-0.1, -0.05) is 48.5 Å². The van der Waals surface area contributed by atoms with Crippen LogP contribution in [0, 0.1) is 0 Å². The number of hydrogen-bond acceptors (Lipinski definition) is 6. The monoisotopic (exact) mass is 554 g/mol. The molecule has 0 aliphatic carbocycles. The standard InChI is InChI=1S/C27H21F3N4O4S/c1-39(37,38)33-24-23(35)15-31-26(32-24)34-12-11-18-13-17(7-9-21(18)25(34)36)20-10-8-19(27(28,29)30)14-22(20)16-5-3-2-4-6-16/h2-10,13-15,35H,11-12H2,1H3,(H,31,32,33). The molecule has 0 radical (unpaired) electrons. The summed E-state index contributed by atoms with van der Waals surface area (Å²) < 4.78 is 65.7. The van der Waals surface area contributed by atoms with Crippen LogP contribution in [0.15, 0.2) is 72.9 Å². The molecule has 1 aliphatic rings. The molecular formula is C27H21F3N4O4S. The van der Waals surface area contributed by atoms with Crippen molar-refractivity contribution in [3.05, 3.63) is 89.6 Å². The van der Waals surface area contributed by atoms with Crippen LogP contribution in [0.2, 0.25) is 0 Å². The van der Waals surface area contributed by atoms with E-state index in [-0.39, 0.29) is 18.3 Å².